The standard InChI is InChI=1S/C12H13BrFN3/c1-8(2)6-17-7-15-16-12(17)9-4-3-5-10(13)11(9)14/h3-5,7-8H,6H2,1-2H3. The molecule has 5 heteroatoms. The highest BCUT2D eigenvalue weighted by molar-refractivity contribution is 9.10. The Bertz CT molecular complexity index is 522. The van der Waals surface area contributed by atoms with Crippen molar-refractivity contribution < 1.29 is 4.39 Å². The van der Waals surface area contributed by atoms with E-state index < -0.39 is 0 Å². The van der Waals surface area contributed by atoms with Gasteiger partial charge in [0.05, 0.1) is 10.0 Å². The lowest BCUT2D eigenvalue weighted by molar-refractivity contribution is 0.523. The van der Waals surface area contributed by atoms with Crippen molar-refractivity contribution in [3.63, 3.8) is 0 Å². The normalized spacial score (nSPS) is 11.1. The van der Waals surface area contributed by atoms with Gasteiger partial charge in [0.2, 0.25) is 0 Å². The highest BCUT2D eigenvalue weighted by Gasteiger charge is 2.14. The van der Waals surface area contributed by atoms with Gasteiger partial charge in [0.25, 0.3) is 0 Å². The summed E-state index contributed by atoms with van der Waals surface area (Å²) in [6, 6.07) is 5.17. The zero-order valence-corrected chi connectivity index (χ0v) is 11.3. The Balaban J connectivity index is 2.46. The average Bonchev–Trinajstić information content (AvgIpc) is 2.69. The first-order chi connectivity index (χ1) is 8.09. The predicted octanol–water partition coefficient (Wildman–Crippen LogP) is 3.50. The molecule has 2 rings (SSSR count). The molecule has 1 aromatic heterocycles. The summed E-state index contributed by atoms with van der Waals surface area (Å²) in [4.78, 5) is 0. The number of nitrogens with zero attached hydrogens (tertiary/aromatic N) is 3. The third-order valence-electron chi connectivity index (χ3n) is 2.37. The molecule has 0 radical (unpaired) electrons. The number of benzene rings is 1. The maximum Gasteiger partial charge on any atom is 0.166 e. The average molecular weight is 298 g/mol. The van der Waals surface area contributed by atoms with Crippen molar-refractivity contribution in [2.45, 2.75) is 20.4 Å². The third-order valence-corrected chi connectivity index (χ3v) is 2.98. The molecule has 0 atom stereocenters. The summed E-state index contributed by atoms with van der Waals surface area (Å²) >= 11 is 3.17. The summed E-state index contributed by atoms with van der Waals surface area (Å²) in [5.74, 6) is 0.725. The highest BCUT2D eigenvalue weighted by atomic mass is 79.9. The number of hydrogen-bond acceptors (Lipinski definition) is 2. The smallest absolute Gasteiger partial charge is 0.166 e. The fourth-order valence-electron chi connectivity index (χ4n) is 1.67. The molecule has 0 bridgehead atoms. The van der Waals surface area contributed by atoms with Crippen LogP contribution in [0.1, 0.15) is 13.8 Å². The Morgan fingerprint density at radius 3 is 2.88 bits per heavy atom. The van der Waals surface area contributed by atoms with E-state index >= 15 is 0 Å². The SMILES string of the molecule is CC(C)Cn1cnnc1-c1cccc(Br)c1F. The van der Waals surface area contributed by atoms with Gasteiger partial charge in [-0.15, -0.1) is 10.2 Å². The fraction of sp³-hybridized carbons (Fsp3) is 0.333. The van der Waals surface area contributed by atoms with E-state index in [2.05, 4.69) is 40.0 Å². The number of halogens is 2. The lowest BCUT2D eigenvalue weighted by atomic mass is 10.2. The second-order valence-corrected chi connectivity index (χ2v) is 5.16. The summed E-state index contributed by atoms with van der Waals surface area (Å²) in [6.45, 7) is 4.97. The van der Waals surface area contributed by atoms with Crippen LogP contribution in [0, 0.1) is 11.7 Å². The zero-order valence-electron chi connectivity index (χ0n) is 9.69. The Kier molecular flexibility index (Phi) is 3.57. The van der Waals surface area contributed by atoms with E-state index in [0.29, 0.717) is 21.8 Å². The van der Waals surface area contributed by atoms with Crippen molar-refractivity contribution in [2.75, 3.05) is 0 Å². The van der Waals surface area contributed by atoms with Gasteiger partial charge in [-0.3, -0.25) is 0 Å². The molecule has 0 aliphatic carbocycles. The van der Waals surface area contributed by atoms with Crippen LogP contribution >= 0.6 is 15.9 Å². The van der Waals surface area contributed by atoms with Crippen LogP contribution in [0.3, 0.4) is 0 Å². The first-order valence-electron chi connectivity index (χ1n) is 5.41. The van der Waals surface area contributed by atoms with Crippen LogP contribution in [0.25, 0.3) is 11.4 Å². The number of rotatable bonds is 3. The van der Waals surface area contributed by atoms with Crippen LogP contribution < -0.4 is 0 Å². The Labute approximate surface area is 108 Å². The van der Waals surface area contributed by atoms with Crippen LogP contribution in [0.15, 0.2) is 29.0 Å². The molecule has 0 saturated heterocycles. The van der Waals surface area contributed by atoms with Gasteiger partial charge >= 0.3 is 0 Å². The van der Waals surface area contributed by atoms with E-state index in [0.717, 1.165) is 6.54 Å². The Morgan fingerprint density at radius 2 is 2.18 bits per heavy atom. The molecule has 0 aliphatic rings. The molecule has 0 unspecified atom stereocenters. The van der Waals surface area contributed by atoms with Crippen LogP contribution in [0.2, 0.25) is 0 Å². The van der Waals surface area contributed by atoms with E-state index in [1.54, 1.807) is 24.5 Å². The summed E-state index contributed by atoms with van der Waals surface area (Å²) in [7, 11) is 0. The minimum atomic E-state index is -0.300. The van der Waals surface area contributed by atoms with Crippen LogP contribution in [0.5, 0.6) is 0 Å². The van der Waals surface area contributed by atoms with Gasteiger partial charge in [-0.2, -0.15) is 0 Å². The zero-order chi connectivity index (χ0) is 12.4. The maximum atomic E-state index is 14.0. The molecule has 0 saturated carbocycles. The summed E-state index contributed by atoms with van der Waals surface area (Å²) in [6.07, 6.45) is 1.63. The van der Waals surface area contributed by atoms with Gasteiger partial charge < -0.3 is 4.57 Å². The van der Waals surface area contributed by atoms with E-state index in [1.165, 1.54) is 0 Å². The lowest BCUT2D eigenvalue weighted by Gasteiger charge is -2.10. The van der Waals surface area contributed by atoms with Crippen LogP contribution in [-0.2, 0) is 6.54 Å². The lowest BCUT2D eigenvalue weighted by Crippen LogP contribution is -2.06. The van der Waals surface area contributed by atoms with Gasteiger partial charge in [0, 0.05) is 6.54 Å². The van der Waals surface area contributed by atoms with Gasteiger partial charge in [0.15, 0.2) is 5.82 Å². The third kappa shape index (κ3) is 2.54. The largest absolute Gasteiger partial charge is 0.313 e. The summed E-state index contributed by atoms with van der Waals surface area (Å²) < 4.78 is 16.3. The van der Waals surface area contributed by atoms with E-state index in [1.807, 2.05) is 4.57 Å². The molecule has 1 heterocycles. The van der Waals surface area contributed by atoms with E-state index in [-0.39, 0.29) is 5.82 Å². The van der Waals surface area contributed by atoms with Gasteiger partial charge in [-0.25, -0.2) is 4.39 Å². The summed E-state index contributed by atoms with van der Waals surface area (Å²) in [5, 5.41) is 7.85. The van der Waals surface area contributed by atoms with E-state index in [9.17, 15) is 4.39 Å². The minimum absolute atomic E-state index is 0.300. The van der Waals surface area contributed by atoms with Crippen molar-refractivity contribution >= 4 is 15.9 Å². The highest BCUT2D eigenvalue weighted by Crippen LogP contribution is 2.26. The molecule has 0 spiro atoms. The monoisotopic (exact) mass is 297 g/mol. The molecular formula is C12H13BrFN3. The van der Waals surface area contributed by atoms with Crippen molar-refractivity contribution in [2.24, 2.45) is 5.92 Å². The molecule has 0 amide bonds. The van der Waals surface area contributed by atoms with Crippen LogP contribution in [0.4, 0.5) is 4.39 Å². The predicted molar refractivity (Wildman–Crippen MR) is 68.0 cm³/mol. The van der Waals surface area contributed by atoms with Gasteiger partial charge in [-0.1, -0.05) is 19.9 Å². The molecule has 0 aliphatic heterocycles. The molecule has 17 heavy (non-hydrogen) atoms. The summed E-state index contributed by atoms with van der Waals surface area (Å²) in [5.41, 5.74) is 0.470. The molecular weight excluding hydrogens is 285 g/mol. The van der Waals surface area contributed by atoms with Gasteiger partial charge in [-0.05, 0) is 34.0 Å². The molecule has 1 aromatic carbocycles. The molecule has 0 N–H and O–H groups in total. The first-order valence-corrected chi connectivity index (χ1v) is 6.21. The molecule has 3 nitrogen and oxygen atoms in total. The number of aromatic nitrogens is 3. The van der Waals surface area contributed by atoms with Crippen molar-refractivity contribution in [3.8, 4) is 11.4 Å². The molecule has 0 fully saturated rings. The Hall–Kier alpha value is -1.23. The van der Waals surface area contributed by atoms with Crippen molar-refractivity contribution in [1.82, 2.24) is 14.8 Å². The van der Waals surface area contributed by atoms with Crippen molar-refractivity contribution in [1.29, 1.82) is 0 Å². The second kappa shape index (κ2) is 4.96. The second-order valence-electron chi connectivity index (χ2n) is 4.30. The van der Waals surface area contributed by atoms with Gasteiger partial charge in [0.1, 0.15) is 12.1 Å². The maximum absolute atomic E-state index is 14.0. The van der Waals surface area contributed by atoms with Crippen LogP contribution in [-0.4, -0.2) is 14.8 Å². The number of hydrogen-bond donors (Lipinski definition) is 0. The van der Waals surface area contributed by atoms with E-state index in [4.69, 9.17) is 0 Å². The molecule has 90 valence electrons. The first kappa shape index (κ1) is 12.2. The fourth-order valence-corrected chi connectivity index (χ4v) is 2.03. The molecule has 2 aromatic rings. The van der Waals surface area contributed by atoms with Crippen molar-refractivity contribution in [3.05, 3.63) is 34.8 Å². The quantitative estimate of drug-likeness (QED) is 0.868. The minimum Gasteiger partial charge on any atom is -0.313 e. The Morgan fingerprint density at radius 1 is 1.41 bits per heavy atom. The topological polar surface area (TPSA) is 30.7 Å².